The van der Waals surface area contributed by atoms with Gasteiger partial charge in [-0.1, -0.05) is 48.0 Å². The molecular weight excluding hydrogens is 358 g/mol. The van der Waals surface area contributed by atoms with Gasteiger partial charge in [0.25, 0.3) is 10.0 Å². The monoisotopic (exact) mass is 381 g/mol. The largest absolute Gasteiger partial charge is 0.355 e. The molecule has 0 radical (unpaired) electrons. The van der Waals surface area contributed by atoms with E-state index in [0.717, 1.165) is 23.5 Å². The Morgan fingerprint density at radius 1 is 1.00 bits per heavy atom. The van der Waals surface area contributed by atoms with E-state index in [-0.39, 0.29) is 4.90 Å². The number of hydrogen-bond donors (Lipinski definition) is 1. The number of nitrogens with one attached hydrogen (secondary N) is 1. The molecule has 0 aliphatic carbocycles. The van der Waals surface area contributed by atoms with Gasteiger partial charge in [0.1, 0.15) is 5.82 Å². The Morgan fingerprint density at radius 3 is 2.37 bits per heavy atom. The number of aromatic nitrogens is 1. The summed E-state index contributed by atoms with van der Waals surface area (Å²) in [5.74, 6) is 0.772. The molecule has 1 N–H and O–H groups in total. The van der Waals surface area contributed by atoms with Crippen LogP contribution in [0.3, 0.4) is 0 Å². The van der Waals surface area contributed by atoms with E-state index in [9.17, 15) is 8.42 Å². The fourth-order valence-corrected chi connectivity index (χ4v) is 4.19. The first-order valence-electron chi connectivity index (χ1n) is 8.66. The molecule has 3 rings (SSSR count). The van der Waals surface area contributed by atoms with Crippen LogP contribution in [0.4, 0.5) is 11.5 Å². The van der Waals surface area contributed by atoms with Crippen molar-refractivity contribution in [3.05, 3.63) is 83.6 Å². The van der Waals surface area contributed by atoms with E-state index in [1.807, 2.05) is 49.2 Å². The van der Waals surface area contributed by atoms with E-state index < -0.39 is 10.0 Å². The van der Waals surface area contributed by atoms with E-state index in [1.165, 1.54) is 11.8 Å². The molecule has 1 aromatic heterocycles. The van der Waals surface area contributed by atoms with Crippen molar-refractivity contribution in [2.75, 3.05) is 16.7 Å². The van der Waals surface area contributed by atoms with Crippen molar-refractivity contribution >= 4 is 21.5 Å². The van der Waals surface area contributed by atoms with E-state index in [2.05, 4.69) is 21.8 Å². The zero-order chi connectivity index (χ0) is 19.4. The maximum absolute atomic E-state index is 12.6. The van der Waals surface area contributed by atoms with Crippen LogP contribution >= 0.6 is 0 Å². The molecule has 0 unspecified atom stereocenters. The van der Waals surface area contributed by atoms with Crippen molar-refractivity contribution in [2.45, 2.75) is 25.3 Å². The van der Waals surface area contributed by atoms with Gasteiger partial charge in [0.05, 0.1) is 16.8 Å². The van der Waals surface area contributed by atoms with Gasteiger partial charge in [0.15, 0.2) is 0 Å². The number of pyridine rings is 1. The highest BCUT2D eigenvalue weighted by Crippen LogP contribution is 2.21. The summed E-state index contributed by atoms with van der Waals surface area (Å²) in [7, 11) is -1.69. The summed E-state index contributed by atoms with van der Waals surface area (Å²) < 4.78 is 27.9. The highest BCUT2D eigenvalue weighted by atomic mass is 32.2. The molecule has 0 saturated carbocycles. The van der Waals surface area contributed by atoms with Crippen LogP contribution < -0.4 is 9.62 Å². The van der Waals surface area contributed by atoms with Crippen LogP contribution in [0.25, 0.3) is 0 Å². The fraction of sp³-hybridized carbons (Fsp3) is 0.190. The molecule has 0 saturated heterocycles. The summed E-state index contributed by atoms with van der Waals surface area (Å²) >= 11 is 0. The quantitative estimate of drug-likeness (QED) is 0.697. The van der Waals surface area contributed by atoms with Crippen LogP contribution in [0.2, 0.25) is 0 Å². The molecule has 0 atom stereocenters. The van der Waals surface area contributed by atoms with Gasteiger partial charge >= 0.3 is 0 Å². The lowest BCUT2D eigenvalue weighted by Gasteiger charge is -2.18. The second-order valence-electron chi connectivity index (χ2n) is 6.62. The molecular formula is C21H23N3O2S. The van der Waals surface area contributed by atoms with E-state index in [0.29, 0.717) is 5.69 Å². The van der Waals surface area contributed by atoms with Crippen molar-refractivity contribution in [3.63, 3.8) is 0 Å². The molecule has 0 aliphatic heterocycles. The van der Waals surface area contributed by atoms with Gasteiger partial charge in [-0.15, -0.1) is 0 Å². The Hall–Kier alpha value is -2.86. The van der Waals surface area contributed by atoms with Crippen LogP contribution in [0.15, 0.2) is 71.8 Å². The van der Waals surface area contributed by atoms with Gasteiger partial charge in [0, 0.05) is 13.6 Å². The van der Waals surface area contributed by atoms with Crippen LogP contribution in [0.1, 0.15) is 16.7 Å². The van der Waals surface area contributed by atoms with Gasteiger partial charge in [-0.25, -0.2) is 13.4 Å². The van der Waals surface area contributed by atoms with Crippen molar-refractivity contribution < 1.29 is 8.42 Å². The highest BCUT2D eigenvalue weighted by Gasteiger charge is 2.17. The van der Waals surface area contributed by atoms with E-state index >= 15 is 0 Å². The normalized spacial score (nSPS) is 11.2. The maximum Gasteiger partial charge on any atom is 0.262 e. The summed E-state index contributed by atoms with van der Waals surface area (Å²) in [6.07, 6.45) is 1.54. The molecule has 0 fully saturated rings. The summed E-state index contributed by atoms with van der Waals surface area (Å²) in [5.41, 5.74) is 3.36. The second kappa shape index (κ2) is 7.80. The minimum atomic E-state index is -3.65. The highest BCUT2D eigenvalue weighted by molar-refractivity contribution is 7.92. The van der Waals surface area contributed by atoms with Gasteiger partial charge in [0.2, 0.25) is 0 Å². The molecule has 0 amide bonds. The molecule has 0 spiro atoms. The molecule has 2 aromatic carbocycles. The zero-order valence-electron chi connectivity index (χ0n) is 15.7. The van der Waals surface area contributed by atoms with Crippen LogP contribution in [-0.2, 0) is 16.6 Å². The third-order valence-corrected chi connectivity index (χ3v) is 5.82. The van der Waals surface area contributed by atoms with Crippen LogP contribution in [0, 0.1) is 13.8 Å². The van der Waals surface area contributed by atoms with Crippen molar-refractivity contribution in [2.24, 2.45) is 0 Å². The Kier molecular flexibility index (Phi) is 5.46. The minimum Gasteiger partial charge on any atom is -0.355 e. The molecule has 140 valence electrons. The molecule has 27 heavy (non-hydrogen) atoms. The summed E-state index contributed by atoms with van der Waals surface area (Å²) in [4.78, 5) is 6.68. The van der Waals surface area contributed by atoms with Crippen LogP contribution in [-0.4, -0.2) is 20.4 Å². The zero-order valence-corrected chi connectivity index (χ0v) is 16.5. The van der Waals surface area contributed by atoms with Gasteiger partial charge < -0.3 is 4.90 Å². The predicted octanol–water partition coefficient (Wildman–Crippen LogP) is 4.14. The minimum absolute atomic E-state index is 0.276. The summed E-state index contributed by atoms with van der Waals surface area (Å²) in [6.45, 7) is 4.45. The van der Waals surface area contributed by atoms with Gasteiger partial charge in [-0.3, -0.25) is 4.72 Å². The average molecular weight is 382 g/mol. The third kappa shape index (κ3) is 4.65. The molecule has 0 aliphatic rings. The average Bonchev–Trinajstić information content (AvgIpc) is 2.62. The Bertz CT molecular complexity index is 1020. The van der Waals surface area contributed by atoms with Crippen molar-refractivity contribution in [1.29, 1.82) is 0 Å². The second-order valence-corrected chi connectivity index (χ2v) is 8.27. The van der Waals surface area contributed by atoms with E-state index in [4.69, 9.17) is 0 Å². The lowest BCUT2D eigenvalue weighted by molar-refractivity contribution is 0.600. The topological polar surface area (TPSA) is 62.3 Å². The Morgan fingerprint density at radius 2 is 1.74 bits per heavy atom. The molecule has 0 bridgehead atoms. The number of benzene rings is 2. The Labute approximate surface area is 160 Å². The smallest absolute Gasteiger partial charge is 0.262 e. The first kappa shape index (κ1) is 18.9. The van der Waals surface area contributed by atoms with Crippen LogP contribution in [0.5, 0.6) is 0 Å². The molecule has 3 aromatic rings. The number of aryl methyl sites for hydroxylation is 2. The van der Waals surface area contributed by atoms with Crippen molar-refractivity contribution in [3.8, 4) is 0 Å². The van der Waals surface area contributed by atoms with Crippen molar-refractivity contribution in [1.82, 2.24) is 4.98 Å². The van der Waals surface area contributed by atoms with Gasteiger partial charge in [-0.05, 0) is 43.2 Å². The Balaban J connectivity index is 1.73. The molecule has 6 heteroatoms. The third-order valence-electron chi connectivity index (χ3n) is 4.27. The van der Waals surface area contributed by atoms with Gasteiger partial charge in [-0.2, -0.15) is 0 Å². The first-order valence-corrected chi connectivity index (χ1v) is 10.1. The van der Waals surface area contributed by atoms with E-state index in [1.54, 1.807) is 25.1 Å². The molecule has 1 heterocycles. The number of nitrogens with zero attached hydrogens (tertiary/aromatic N) is 2. The standard InChI is InChI=1S/C21H23N3O2S/c1-16-9-11-20(17(2)13-16)27(25,26)23-19-10-12-21(22-14-19)24(3)15-18-7-5-4-6-8-18/h4-14,23H,15H2,1-3H3. The number of hydrogen-bond acceptors (Lipinski definition) is 4. The first-order chi connectivity index (χ1) is 12.8. The predicted molar refractivity (Wildman–Crippen MR) is 110 cm³/mol. The number of sulfonamides is 1. The molecule has 5 nitrogen and oxygen atoms in total. The summed E-state index contributed by atoms with van der Waals surface area (Å²) in [5, 5.41) is 0. The lowest BCUT2D eigenvalue weighted by Crippen LogP contribution is -2.18. The number of anilines is 2. The number of rotatable bonds is 6. The lowest BCUT2D eigenvalue weighted by atomic mass is 10.2. The summed E-state index contributed by atoms with van der Waals surface area (Å²) in [6, 6.07) is 18.9. The maximum atomic E-state index is 12.6. The SMILES string of the molecule is Cc1ccc(S(=O)(=O)Nc2ccc(N(C)Cc3ccccc3)nc2)c(C)c1. The fourth-order valence-electron chi connectivity index (χ4n) is 2.92.